The molecule has 0 spiro atoms. The number of aliphatic hydroxyl groups excluding tert-OH is 1. The molecule has 4 N–H and O–H groups in total. The van der Waals surface area contributed by atoms with E-state index in [0.29, 0.717) is 10.5 Å². The van der Waals surface area contributed by atoms with Crippen LogP contribution in [-0.2, 0) is 9.59 Å². The topological polar surface area (TPSA) is 121 Å². The highest BCUT2D eigenvalue weighted by molar-refractivity contribution is 8.03. The Labute approximate surface area is 148 Å². The van der Waals surface area contributed by atoms with Crippen molar-refractivity contribution in [2.45, 2.75) is 30.9 Å². The summed E-state index contributed by atoms with van der Waals surface area (Å²) in [6.07, 6.45) is -0.828. The molecule has 0 unspecified atom stereocenters. The fraction of sp³-hybridized carbons (Fsp3) is 0.353. The summed E-state index contributed by atoms with van der Waals surface area (Å²) in [5.41, 5.74) is 5.55. The molecule has 1 aromatic carbocycles. The van der Waals surface area contributed by atoms with Gasteiger partial charge in [0.2, 0.25) is 11.8 Å². The van der Waals surface area contributed by atoms with Gasteiger partial charge in [0.15, 0.2) is 0 Å². The van der Waals surface area contributed by atoms with Crippen molar-refractivity contribution in [3.05, 3.63) is 40.4 Å². The molecule has 3 rings (SSSR count). The summed E-state index contributed by atoms with van der Waals surface area (Å²) in [7, 11) is 0. The molecule has 4 atom stereocenters. The zero-order valence-electron chi connectivity index (χ0n) is 13.7. The van der Waals surface area contributed by atoms with E-state index in [9.17, 15) is 24.6 Å². The van der Waals surface area contributed by atoms with Gasteiger partial charge in [0.1, 0.15) is 5.70 Å². The van der Waals surface area contributed by atoms with Crippen LogP contribution in [0.3, 0.4) is 0 Å². The Morgan fingerprint density at radius 2 is 1.88 bits per heavy atom. The Balaban J connectivity index is 1.93. The third kappa shape index (κ3) is 2.71. The third-order valence-corrected chi connectivity index (χ3v) is 5.97. The maximum atomic E-state index is 12.3. The summed E-state index contributed by atoms with van der Waals surface area (Å²) in [5, 5.41) is 19.4. The van der Waals surface area contributed by atoms with E-state index in [1.807, 2.05) is 6.92 Å². The van der Waals surface area contributed by atoms with Crippen molar-refractivity contribution >= 4 is 29.5 Å². The van der Waals surface area contributed by atoms with Gasteiger partial charge in [-0.25, -0.2) is 4.79 Å². The van der Waals surface area contributed by atoms with E-state index in [-0.39, 0.29) is 23.6 Å². The molecule has 0 radical (unpaired) electrons. The number of hydrogen-bond acceptors (Lipinski definition) is 5. The Bertz CT molecular complexity index is 787. The van der Waals surface area contributed by atoms with Gasteiger partial charge in [-0.2, -0.15) is 0 Å². The Kier molecular flexibility index (Phi) is 4.34. The zero-order valence-corrected chi connectivity index (χ0v) is 14.5. The van der Waals surface area contributed by atoms with Gasteiger partial charge in [-0.15, -0.1) is 0 Å². The number of rotatable bonds is 5. The molecular formula is C17H18N2O5S. The average molecular weight is 362 g/mol. The molecule has 0 bridgehead atoms. The Morgan fingerprint density at radius 3 is 2.36 bits per heavy atom. The van der Waals surface area contributed by atoms with Crippen LogP contribution in [0.15, 0.2) is 39.8 Å². The van der Waals surface area contributed by atoms with Crippen molar-refractivity contribution in [3.63, 3.8) is 0 Å². The van der Waals surface area contributed by atoms with Crippen molar-refractivity contribution in [2.75, 3.05) is 0 Å². The fourth-order valence-electron chi connectivity index (χ4n) is 3.47. The Hall–Kier alpha value is -2.32. The number of benzene rings is 1. The van der Waals surface area contributed by atoms with E-state index in [4.69, 9.17) is 5.73 Å². The lowest BCUT2D eigenvalue weighted by Crippen LogP contribution is -2.63. The molecule has 2 aliphatic rings. The lowest BCUT2D eigenvalue weighted by atomic mass is 9.79. The molecule has 2 amide bonds. The zero-order chi connectivity index (χ0) is 18.5. The summed E-state index contributed by atoms with van der Waals surface area (Å²) in [6.45, 7) is 3.40. The molecule has 132 valence electrons. The molecule has 2 aliphatic heterocycles. The molecule has 25 heavy (non-hydrogen) atoms. The van der Waals surface area contributed by atoms with Crippen molar-refractivity contribution in [2.24, 2.45) is 17.6 Å². The second-order valence-electron chi connectivity index (χ2n) is 6.26. The van der Waals surface area contributed by atoms with Crippen molar-refractivity contribution in [1.82, 2.24) is 4.90 Å². The second kappa shape index (κ2) is 6.20. The molecular weight excluding hydrogens is 344 g/mol. The molecule has 2 heterocycles. The van der Waals surface area contributed by atoms with Crippen molar-refractivity contribution in [1.29, 1.82) is 0 Å². The molecule has 1 aromatic rings. The van der Waals surface area contributed by atoms with Crippen LogP contribution in [0, 0.1) is 11.8 Å². The monoisotopic (exact) mass is 362 g/mol. The number of carbonyl (C=O) groups excluding carboxylic acids is 2. The van der Waals surface area contributed by atoms with Gasteiger partial charge in [-0.05, 0) is 31.2 Å². The molecule has 7 nitrogen and oxygen atoms in total. The number of primary amides is 1. The standard InChI is InChI=1S/C17H18N2O5S/c1-7-12-11(8(2)20)16(22)19(12)13(17(23)24)14(7)25-10-5-3-9(4-6-10)15(18)21/h3-8,11-12,20H,1-2H3,(H2,18,21)(H,23,24)/t7-,8-,11-,12-/m1/s1. The molecule has 0 aromatic heterocycles. The predicted octanol–water partition coefficient (Wildman–Crippen LogP) is 1.03. The lowest BCUT2D eigenvalue weighted by molar-refractivity contribution is -0.163. The summed E-state index contributed by atoms with van der Waals surface area (Å²) in [5.74, 6) is -2.85. The maximum absolute atomic E-state index is 12.3. The van der Waals surface area contributed by atoms with E-state index in [1.54, 1.807) is 31.2 Å². The van der Waals surface area contributed by atoms with Crippen LogP contribution in [0.4, 0.5) is 0 Å². The first-order valence-electron chi connectivity index (χ1n) is 7.80. The number of nitrogens with zero attached hydrogens (tertiary/aromatic N) is 1. The average Bonchev–Trinajstić information content (AvgIpc) is 2.77. The molecule has 1 saturated heterocycles. The summed E-state index contributed by atoms with van der Waals surface area (Å²) in [6, 6.07) is 6.18. The number of aliphatic hydroxyl groups is 1. The van der Waals surface area contributed by atoms with Crippen LogP contribution < -0.4 is 5.73 Å². The number of carboxylic acids is 1. The SMILES string of the molecule is C[C@@H](O)[C@H]1C(=O)N2C(C(=O)O)=C(Sc3ccc(C(N)=O)cc3)[C@H](C)[C@H]12. The van der Waals surface area contributed by atoms with Gasteiger partial charge < -0.3 is 20.8 Å². The number of β-lactam (4-membered cyclic amide) rings is 1. The largest absolute Gasteiger partial charge is 0.477 e. The number of carboxylic acid groups (broad SMARTS) is 1. The third-order valence-electron chi connectivity index (χ3n) is 4.68. The highest BCUT2D eigenvalue weighted by Gasteiger charge is 2.60. The van der Waals surface area contributed by atoms with Gasteiger partial charge in [-0.1, -0.05) is 18.7 Å². The lowest BCUT2D eigenvalue weighted by Gasteiger charge is -2.46. The quantitative estimate of drug-likeness (QED) is 0.673. The number of fused-ring (bicyclic) bond motifs is 1. The summed E-state index contributed by atoms with van der Waals surface area (Å²) in [4.78, 5) is 37.7. The van der Waals surface area contributed by atoms with Crippen LogP contribution in [0.5, 0.6) is 0 Å². The number of thioether (sulfide) groups is 1. The van der Waals surface area contributed by atoms with Gasteiger partial charge in [-0.3, -0.25) is 9.59 Å². The number of hydrogen-bond donors (Lipinski definition) is 3. The fourth-order valence-corrected chi connectivity index (χ4v) is 4.60. The number of nitrogens with two attached hydrogens (primary N) is 1. The highest BCUT2D eigenvalue weighted by Crippen LogP contribution is 2.51. The first-order chi connectivity index (χ1) is 11.7. The van der Waals surface area contributed by atoms with Crippen LogP contribution in [0.2, 0.25) is 0 Å². The predicted molar refractivity (Wildman–Crippen MR) is 90.4 cm³/mol. The molecule has 0 saturated carbocycles. The van der Waals surface area contributed by atoms with Gasteiger partial charge >= 0.3 is 5.97 Å². The Morgan fingerprint density at radius 1 is 1.28 bits per heavy atom. The molecule has 0 aliphatic carbocycles. The smallest absolute Gasteiger partial charge is 0.353 e. The maximum Gasteiger partial charge on any atom is 0.353 e. The minimum atomic E-state index is -1.16. The van der Waals surface area contributed by atoms with E-state index in [1.165, 1.54) is 16.7 Å². The van der Waals surface area contributed by atoms with Gasteiger partial charge in [0.05, 0.1) is 18.1 Å². The van der Waals surface area contributed by atoms with E-state index in [2.05, 4.69) is 0 Å². The first kappa shape index (κ1) is 17.5. The minimum Gasteiger partial charge on any atom is -0.477 e. The van der Waals surface area contributed by atoms with Crippen molar-refractivity contribution < 1.29 is 24.6 Å². The normalized spacial score (nSPS) is 26.3. The van der Waals surface area contributed by atoms with Crippen LogP contribution in [0.1, 0.15) is 24.2 Å². The molecule has 1 fully saturated rings. The summed E-state index contributed by atoms with van der Waals surface area (Å²) >= 11 is 1.25. The first-order valence-corrected chi connectivity index (χ1v) is 8.62. The van der Waals surface area contributed by atoms with Gasteiger partial charge in [0.25, 0.3) is 0 Å². The molecule has 8 heteroatoms. The van der Waals surface area contributed by atoms with Gasteiger partial charge in [0, 0.05) is 21.3 Å². The van der Waals surface area contributed by atoms with E-state index < -0.39 is 23.9 Å². The number of aliphatic carboxylic acids is 1. The van der Waals surface area contributed by atoms with Crippen LogP contribution >= 0.6 is 11.8 Å². The minimum absolute atomic E-state index is 0.0247. The number of carbonyl (C=O) groups is 3. The number of amides is 2. The second-order valence-corrected chi connectivity index (χ2v) is 7.38. The van der Waals surface area contributed by atoms with E-state index >= 15 is 0 Å². The van der Waals surface area contributed by atoms with Crippen LogP contribution in [0.25, 0.3) is 0 Å². The van der Waals surface area contributed by atoms with Crippen molar-refractivity contribution in [3.8, 4) is 0 Å². The summed E-state index contributed by atoms with van der Waals surface area (Å²) < 4.78 is 0. The van der Waals surface area contributed by atoms with Crippen LogP contribution in [-0.4, -0.2) is 45.0 Å². The highest BCUT2D eigenvalue weighted by atomic mass is 32.2. The van der Waals surface area contributed by atoms with E-state index in [0.717, 1.165) is 4.90 Å².